The van der Waals surface area contributed by atoms with E-state index < -0.39 is 29.7 Å². The molecule has 2 aliphatic heterocycles. The Bertz CT molecular complexity index is 1100. The molecule has 0 aromatic carbocycles. The highest BCUT2D eigenvalue weighted by Crippen LogP contribution is 2.46. The number of hydrogen-bond donors (Lipinski definition) is 1. The molecule has 3 fully saturated rings. The molecule has 34 heavy (non-hydrogen) atoms. The van der Waals surface area contributed by atoms with Crippen LogP contribution >= 0.6 is 11.6 Å². The zero-order valence-corrected chi connectivity index (χ0v) is 19.4. The average Bonchev–Trinajstić information content (AvgIpc) is 3.26. The summed E-state index contributed by atoms with van der Waals surface area (Å²) in [5, 5.41) is 2.92. The number of nitrogens with one attached hydrogen (secondary N) is 1. The molecule has 1 aliphatic carbocycles. The Morgan fingerprint density at radius 3 is 2.41 bits per heavy atom. The Kier molecular flexibility index (Phi) is 6.17. The lowest BCUT2D eigenvalue weighted by molar-refractivity contribution is -0.145. The molecule has 2 aromatic heterocycles. The highest BCUT2D eigenvalue weighted by Gasteiger charge is 2.56. The molecular weight excluding hydrogens is 475 g/mol. The van der Waals surface area contributed by atoms with Crippen molar-refractivity contribution >= 4 is 23.6 Å². The van der Waals surface area contributed by atoms with E-state index >= 15 is 0 Å². The maximum absolute atomic E-state index is 13.0. The molecule has 1 atom stereocenters. The van der Waals surface area contributed by atoms with Crippen molar-refractivity contribution in [3.8, 4) is 11.3 Å². The Morgan fingerprint density at radius 1 is 1.18 bits per heavy atom. The van der Waals surface area contributed by atoms with E-state index in [0.717, 1.165) is 25.2 Å². The molecule has 2 bridgehead atoms. The summed E-state index contributed by atoms with van der Waals surface area (Å²) in [5.41, 5.74) is 0.425. The smallest absolute Gasteiger partial charge is 0.444 e. The molecule has 0 spiro atoms. The first-order chi connectivity index (χ1) is 15.8. The molecule has 1 unspecified atom stereocenters. The SMILES string of the molecule is CC(C)(C)OC(=O)N1C2CC(C2)C1C(=O)NCc1cc(Cl)nc(-c2cnc(C(F)(F)F)nc2)c1. The van der Waals surface area contributed by atoms with Gasteiger partial charge in [0.05, 0.1) is 5.69 Å². The van der Waals surface area contributed by atoms with Crippen LogP contribution in [0.15, 0.2) is 24.5 Å². The van der Waals surface area contributed by atoms with E-state index in [-0.39, 0.29) is 40.8 Å². The molecule has 1 saturated carbocycles. The number of rotatable bonds is 4. The summed E-state index contributed by atoms with van der Waals surface area (Å²) in [6.45, 7) is 5.40. The topological polar surface area (TPSA) is 97.3 Å². The maximum Gasteiger partial charge on any atom is 0.451 e. The molecule has 2 amide bonds. The second-order valence-electron chi connectivity index (χ2n) is 9.41. The maximum atomic E-state index is 13.0. The van der Waals surface area contributed by atoms with Crippen molar-refractivity contribution in [1.29, 1.82) is 0 Å². The lowest BCUT2D eigenvalue weighted by Crippen LogP contribution is -2.47. The van der Waals surface area contributed by atoms with Crippen LogP contribution in [0, 0.1) is 5.92 Å². The van der Waals surface area contributed by atoms with Gasteiger partial charge in [-0.1, -0.05) is 11.6 Å². The number of alkyl halides is 3. The molecule has 3 aliphatic rings. The van der Waals surface area contributed by atoms with E-state index in [9.17, 15) is 22.8 Å². The van der Waals surface area contributed by atoms with Crippen LogP contribution in [0.1, 0.15) is 45.0 Å². The molecular formula is C22H23ClF3N5O3. The van der Waals surface area contributed by atoms with Gasteiger partial charge in [0.15, 0.2) is 0 Å². The van der Waals surface area contributed by atoms with Gasteiger partial charge in [0.25, 0.3) is 0 Å². The minimum Gasteiger partial charge on any atom is -0.444 e. The van der Waals surface area contributed by atoms with E-state index in [4.69, 9.17) is 16.3 Å². The van der Waals surface area contributed by atoms with Crippen LogP contribution < -0.4 is 5.32 Å². The summed E-state index contributed by atoms with van der Waals surface area (Å²) >= 11 is 6.09. The zero-order valence-electron chi connectivity index (χ0n) is 18.7. The molecule has 0 radical (unpaired) electrons. The van der Waals surface area contributed by atoms with Crippen molar-refractivity contribution in [1.82, 2.24) is 25.2 Å². The van der Waals surface area contributed by atoms with Crippen LogP contribution in [-0.2, 0) is 22.3 Å². The number of halogens is 4. The van der Waals surface area contributed by atoms with E-state index in [0.29, 0.717) is 5.56 Å². The zero-order chi connectivity index (χ0) is 24.8. The van der Waals surface area contributed by atoms with Crippen molar-refractivity contribution in [3.63, 3.8) is 0 Å². The normalized spacial score (nSPS) is 21.7. The monoisotopic (exact) mass is 497 g/mol. The third-order valence-corrected chi connectivity index (χ3v) is 5.88. The number of hydrogen-bond acceptors (Lipinski definition) is 6. The van der Waals surface area contributed by atoms with Crippen LogP contribution in [0.3, 0.4) is 0 Å². The molecule has 1 N–H and O–H groups in total. The third kappa shape index (κ3) is 5.08. The number of carbonyl (C=O) groups is 2. The van der Waals surface area contributed by atoms with Gasteiger partial charge in [0, 0.05) is 30.5 Å². The fraction of sp³-hybridized carbons (Fsp3) is 0.500. The fourth-order valence-electron chi connectivity index (χ4n) is 4.19. The molecule has 2 aromatic rings. The van der Waals surface area contributed by atoms with E-state index in [1.54, 1.807) is 26.8 Å². The number of fused-ring (bicyclic) bond motifs is 1. The number of aromatic nitrogens is 3. The van der Waals surface area contributed by atoms with Gasteiger partial charge < -0.3 is 10.1 Å². The molecule has 2 saturated heterocycles. The van der Waals surface area contributed by atoms with Crippen LogP contribution in [0.4, 0.5) is 18.0 Å². The van der Waals surface area contributed by atoms with Gasteiger partial charge >= 0.3 is 12.3 Å². The highest BCUT2D eigenvalue weighted by molar-refractivity contribution is 6.29. The van der Waals surface area contributed by atoms with Gasteiger partial charge in [-0.15, -0.1) is 0 Å². The van der Waals surface area contributed by atoms with E-state index in [2.05, 4.69) is 20.3 Å². The molecule has 8 nitrogen and oxygen atoms in total. The summed E-state index contributed by atoms with van der Waals surface area (Å²) in [6.07, 6.45) is -1.60. The summed E-state index contributed by atoms with van der Waals surface area (Å²) in [5.74, 6) is -1.48. The van der Waals surface area contributed by atoms with Gasteiger partial charge in [0.2, 0.25) is 11.7 Å². The van der Waals surface area contributed by atoms with Crippen LogP contribution in [0.25, 0.3) is 11.3 Å². The fourth-order valence-corrected chi connectivity index (χ4v) is 4.42. The quantitative estimate of drug-likeness (QED) is 0.635. The van der Waals surface area contributed by atoms with E-state index in [1.807, 2.05) is 0 Å². The van der Waals surface area contributed by atoms with Crippen molar-refractivity contribution in [2.75, 3.05) is 0 Å². The number of pyridine rings is 1. The van der Waals surface area contributed by atoms with Crippen molar-refractivity contribution in [2.24, 2.45) is 5.92 Å². The third-order valence-electron chi connectivity index (χ3n) is 5.68. The summed E-state index contributed by atoms with van der Waals surface area (Å²) in [4.78, 5) is 37.9. The van der Waals surface area contributed by atoms with Crippen molar-refractivity contribution in [3.05, 3.63) is 41.1 Å². The largest absolute Gasteiger partial charge is 0.451 e. The Balaban J connectivity index is 1.45. The number of nitrogens with zero attached hydrogens (tertiary/aromatic N) is 4. The highest BCUT2D eigenvalue weighted by atomic mass is 35.5. The minimum absolute atomic E-state index is 0.00255. The lowest BCUT2D eigenvalue weighted by atomic mass is 9.83. The number of carbonyl (C=O) groups excluding carboxylic acids is 2. The predicted octanol–water partition coefficient (Wildman–Crippen LogP) is 4.22. The first-order valence-electron chi connectivity index (χ1n) is 10.7. The summed E-state index contributed by atoms with van der Waals surface area (Å²) < 4.78 is 43.6. The van der Waals surface area contributed by atoms with Gasteiger partial charge in [-0.3, -0.25) is 9.69 Å². The van der Waals surface area contributed by atoms with Crippen LogP contribution in [-0.4, -0.2) is 49.5 Å². The average molecular weight is 498 g/mol. The predicted molar refractivity (Wildman–Crippen MR) is 115 cm³/mol. The first kappa shape index (κ1) is 24.2. The second-order valence-corrected chi connectivity index (χ2v) is 9.80. The standard InChI is InChI=1S/C22H23ClF3N5O3/c1-21(2,3)34-20(33)31-14-6-12(7-14)17(31)18(32)27-8-11-4-15(30-16(23)5-11)13-9-28-19(29-10-13)22(24,25)26/h4-5,9-10,12,14,17H,6-8H2,1-3H3,(H,27,32). The van der Waals surface area contributed by atoms with Crippen LogP contribution in [0.5, 0.6) is 0 Å². The van der Waals surface area contributed by atoms with Gasteiger partial charge in [-0.25, -0.2) is 19.7 Å². The summed E-state index contributed by atoms with van der Waals surface area (Å²) in [7, 11) is 0. The molecule has 12 heteroatoms. The Hall–Kier alpha value is -2.95. The van der Waals surface area contributed by atoms with Crippen molar-refractivity contribution in [2.45, 2.75) is 64.0 Å². The minimum atomic E-state index is -4.65. The summed E-state index contributed by atoms with van der Waals surface area (Å²) in [6, 6.07) is 2.51. The van der Waals surface area contributed by atoms with E-state index in [1.165, 1.54) is 11.0 Å². The first-order valence-corrected chi connectivity index (χ1v) is 11.0. The van der Waals surface area contributed by atoms with Crippen molar-refractivity contribution < 1.29 is 27.5 Å². The Labute approximate surface area is 198 Å². The number of ether oxygens (including phenoxy) is 1. The molecule has 182 valence electrons. The molecule has 4 heterocycles. The van der Waals surface area contributed by atoms with Gasteiger partial charge in [-0.05, 0) is 57.2 Å². The number of amides is 2. The van der Waals surface area contributed by atoms with Crippen LogP contribution in [0.2, 0.25) is 5.15 Å². The molecule has 5 rings (SSSR count). The second kappa shape index (κ2) is 8.68. The lowest BCUT2D eigenvalue weighted by Gasteiger charge is -2.29. The Morgan fingerprint density at radius 2 is 1.82 bits per heavy atom. The van der Waals surface area contributed by atoms with Gasteiger partial charge in [-0.2, -0.15) is 13.2 Å². The van der Waals surface area contributed by atoms with Gasteiger partial charge in [0.1, 0.15) is 16.8 Å².